The Morgan fingerprint density at radius 2 is 1.83 bits per heavy atom. The molecule has 3 aliphatic rings. The van der Waals surface area contributed by atoms with E-state index in [4.69, 9.17) is 21.1 Å². The Kier molecular flexibility index (Phi) is 9.82. The Hall–Kier alpha value is -3.40. The van der Waals surface area contributed by atoms with E-state index in [0.717, 1.165) is 62.6 Å². The van der Waals surface area contributed by atoms with Crippen LogP contribution >= 0.6 is 11.6 Å². The first-order valence-electron chi connectivity index (χ1n) is 14.6. The monoisotopic (exact) mass is 596 g/mol. The zero-order valence-electron chi connectivity index (χ0n) is 23.6. The number of carbonyl (C=O) groups is 1. The van der Waals surface area contributed by atoms with Gasteiger partial charge in [0, 0.05) is 31.7 Å². The van der Waals surface area contributed by atoms with Crippen molar-refractivity contribution in [1.82, 2.24) is 15.2 Å². The lowest BCUT2D eigenvalue weighted by atomic mass is 10.0. The van der Waals surface area contributed by atoms with Crippen LogP contribution in [0.25, 0.3) is 0 Å². The highest BCUT2D eigenvalue weighted by Crippen LogP contribution is 2.33. The number of anilines is 1. The van der Waals surface area contributed by atoms with Gasteiger partial charge in [-0.2, -0.15) is 4.98 Å². The zero-order chi connectivity index (χ0) is 28.2. The number of ether oxygens (including phenoxy) is 2. The highest BCUT2D eigenvalue weighted by molar-refractivity contribution is 6.32. The van der Waals surface area contributed by atoms with Crippen molar-refractivity contribution in [3.8, 4) is 17.4 Å². The molecule has 10 heteroatoms. The lowest BCUT2D eigenvalue weighted by Crippen LogP contribution is -2.46. The summed E-state index contributed by atoms with van der Waals surface area (Å²) in [6, 6.07) is 17.4. The van der Waals surface area contributed by atoms with Gasteiger partial charge in [-0.25, -0.2) is 4.39 Å². The molecule has 0 bridgehead atoms. The van der Waals surface area contributed by atoms with E-state index in [-0.39, 0.29) is 29.2 Å². The van der Waals surface area contributed by atoms with E-state index in [0.29, 0.717) is 35.7 Å². The molecule has 2 aliphatic heterocycles. The van der Waals surface area contributed by atoms with Crippen molar-refractivity contribution in [3.05, 3.63) is 77.1 Å². The van der Waals surface area contributed by atoms with Gasteiger partial charge in [-0.15, -0.1) is 0 Å². The Bertz CT molecular complexity index is 1350. The molecular weight excluding hydrogens is 559 g/mol. The lowest BCUT2D eigenvalue weighted by Gasteiger charge is -2.26. The number of aromatic nitrogens is 1. The van der Waals surface area contributed by atoms with Crippen LogP contribution in [0.4, 0.5) is 10.2 Å². The van der Waals surface area contributed by atoms with Gasteiger partial charge in [-0.3, -0.25) is 4.79 Å². The summed E-state index contributed by atoms with van der Waals surface area (Å²) in [4.78, 5) is 22.7. The molecule has 6 rings (SSSR count). The maximum atomic E-state index is 13.5. The molecule has 42 heavy (non-hydrogen) atoms. The molecule has 8 nitrogen and oxygen atoms in total. The number of amides is 1. The second-order valence-electron chi connectivity index (χ2n) is 11.3. The van der Waals surface area contributed by atoms with E-state index in [1.165, 1.54) is 25.0 Å². The molecule has 3 N–H and O–H groups in total. The quantitative estimate of drug-likeness (QED) is 0.333. The van der Waals surface area contributed by atoms with Gasteiger partial charge < -0.3 is 30.1 Å². The Morgan fingerprint density at radius 3 is 2.57 bits per heavy atom. The fourth-order valence-corrected chi connectivity index (χ4v) is 5.86. The molecule has 0 radical (unpaired) electrons. The van der Waals surface area contributed by atoms with Gasteiger partial charge >= 0.3 is 0 Å². The molecule has 1 saturated carbocycles. The summed E-state index contributed by atoms with van der Waals surface area (Å²) in [6.07, 6.45) is 6.35. The smallest absolute Gasteiger partial charge is 0.225 e. The van der Waals surface area contributed by atoms with Crippen LogP contribution < -0.4 is 19.7 Å². The predicted molar refractivity (Wildman–Crippen MR) is 161 cm³/mol. The molecule has 1 amide bonds. The number of halogens is 2. The summed E-state index contributed by atoms with van der Waals surface area (Å²) in [7, 11) is 0. The Labute approximate surface area is 251 Å². The standard InChI is InChI=1S/C32H36ClFN4O3.H2O/c33-28-19-22(6-13-29(28)40-26-11-12-26)18-25(21-37-15-1-2-16-37)35-32(39)23-14-17-38(20-23)30-4-3-5-31(36-30)41-27-9-7-24(34)8-10-27;/h3-10,13,19,23,25-26H,1-2,11-12,14-18,20-21H2,(H,35,39);1H2/t23-,25+;/m1./s1. The van der Waals surface area contributed by atoms with Gasteiger partial charge in [0.15, 0.2) is 0 Å². The summed E-state index contributed by atoms with van der Waals surface area (Å²) >= 11 is 6.54. The van der Waals surface area contributed by atoms with Crippen LogP contribution in [0.5, 0.6) is 17.4 Å². The molecule has 2 atom stereocenters. The largest absolute Gasteiger partial charge is 0.489 e. The molecular formula is C32H38ClFN4O4. The summed E-state index contributed by atoms with van der Waals surface area (Å²) in [5.41, 5.74) is 1.10. The van der Waals surface area contributed by atoms with Crippen molar-refractivity contribution in [2.75, 3.05) is 37.6 Å². The molecule has 3 aromatic rings. The molecule has 2 saturated heterocycles. The Balaban J connectivity index is 0.00000353. The fourth-order valence-electron chi connectivity index (χ4n) is 5.62. The second-order valence-corrected chi connectivity index (χ2v) is 11.7. The fraction of sp³-hybridized carbons (Fsp3) is 0.438. The number of pyridine rings is 1. The number of nitrogens with zero attached hydrogens (tertiary/aromatic N) is 3. The van der Waals surface area contributed by atoms with Crippen LogP contribution in [0.15, 0.2) is 60.7 Å². The van der Waals surface area contributed by atoms with Gasteiger partial charge in [-0.1, -0.05) is 23.7 Å². The zero-order valence-corrected chi connectivity index (χ0v) is 24.4. The SMILES string of the molecule is O.O=C(N[C@@H](Cc1ccc(OC2CC2)c(Cl)c1)CN1CCCC1)[C@@H]1CCN(c2cccc(Oc3ccc(F)cc3)n2)C1. The molecule has 1 aliphatic carbocycles. The Morgan fingerprint density at radius 1 is 1.05 bits per heavy atom. The maximum absolute atomic E-state index is 13.5. The first kappa shape index (κ1) is 30.1. The number of carbonyl (C=O) groups excluding carboxylic acids is 1. The third-order valence-electron chi connectivity index (χ3n) is 7.95. The van der Waals surface area contributed by atoms with E-state index in [9.17, 15) is 9.18 Å². The van der Waals surface area contributed by atoms with Crippen LogP contribution in [0, 0.1) is 11.7 Å². The highest BCUT2D eigenvalue weighted by atomic mass is 35.5. The highest BCUT2D eigenvalue weighted by Gasteiger charge is 2.31. The van der Waals surface area contributed by atoms with Crippen molar-refractivity contribution < 1.29 is 24.1 Å². The topological polar surface area (TPSA) is 98.4 Å². The van der Waals surface area contributed by atoms with Gasteiger partial charge in [0.1, 0.15) is 23.1 Å². The first-order valence-corrected chi connectivity index (χ1v) is 15.0. The van der Waals surface area contributed by atoms with E-state index in [1.807, 2.05) is 24.3 Å². The van der Waals surface area contributed by atoms with Crippen LogP contribution in [0.3, 0.4) is 0 Å². The molecule has 0 unspecified atom stereocenters. The number of nitrogens with one attached hydrogen (secondary N) is 1. The van der Waals surface area contributed by atoms with Crippen LogP contribution in [-0.2, 0) is 11.2 Å². The predicted octanol–water partition coefficient (Wildman–Crippen LogP) is 5.03. The lowest BCUT2D eigenvalue weighted by molar-refractivity contribution is -0.125. The van der Waals surface area contributed by atoms with E-state index < -0.39 is 0 Å². The minimum absolute atomic E-state index is 0. The summed E-state index contributed by atoms with van der Waals surface area (Å²) in [5.74, 6) is 2.09. The summed E-state index contributed by atoms with van der Waals surface area (Å²) < 4.78 is 24.9. The molecule has 3 fully saturated rings. The number of hydrogen-bond donors (Lipinski definition) is 1. The van der Waals surface area contributed by atoms with E-state index in [1.54, 1.807) is 18.2 Å². The summed E-state index contributed by atoms with van der Waals surface area (Å²) in [5, 5.41) is 4.00. The van der Waals surface area contributed by atoms with Crippen LogP contribution in [0.2, 0.25) is 5.02 Å². The van der Waals surface area contributed by atoms with Gasteiger partial charge in [0.05, 0.1) is 17.0 Å². The number of benzene rings is 2. The third-order valence-corrected chi connectivity index (χ3v) is 8.24. The first-order chi connectivity index (χ1) is 20.0. The minimum Gasteiger partial charge on any atom is -0.489 e. The van der Waals surface area contributed by atoms with Crippen LogP contribution in [0.1, 0.15) is 37.7 Å². The number of hydrogen-bond acceptors (Lipinski definition) is 6. The molecule has 0 spiro atoms. The van der Waals surface area contributed by atoms with Crippen molar-refractivity contribution in [3.63, 3.8) is 0 Å². The van der Waals surface area contributed by atoms with E-state index in [2.05, 4.69) is 26.2 Å². The molecule has 2 aromatic carbocycles. The van der Waals surface area contributed by atoms with Gasteiger partial charge in [0.25, 0.3) is 0 Å². The molecule has 3 heterocycles. The second kappa shape index (κ2) is 13.7. The van der Waals surface area contributed by atoms with Crippen molar-refractivity contribution >= 4 is 23.3 Å². The normalized spacial score (nSPS) is 19.3. The molecule has 1 aromatic heterocycles. The number of likely N-dealkylation sites (tertiary alicyclic amines) is 1. The minimum atomic E-state index is -0.316. The van der Waals surface area contributed by atoms with Gasteiger partial charge in [0.2, 0.25) is 11.8 Å². The average Bonchev–Trinajstić information content (AvgIpc) is 3.40. The van der Waals surface area contributed by atoms with Gasteiger partial charge in [-0.05, 0) is 99.6 Å². The maximum Gasteiger partial charge on any atom is 0.225 e. The average molecular weight is 597 g/mol. The summed E-state index contributed by atoms with van der Waals surface area (Å²) in [6.45, 7) is 4.29. The van der Waals surface area contributed by atoms with Crippen LogP contribution in [-0.4, -0.2) is 66.1 Å². The van der Waals surface area contributed by atoms with Crippen molar-refractivity contribution in [2.45, 2.75) is 50.7 Å². The van der Waals surface area contributed by atoms with Crippen molar-refractivity contribution in [2.24, 2.45) is 5.92 Å². The molecule has 224 valence electrons. The third kappa shape index (κ3) is 7.91. The number of rotatable bonds is 11. The van der Waals surface area contributed by atoms with E-state index >= 15 is 0 Å². The van der Waals surface area contributed by atoms with Crippen molar-refractivity contribution in [1.29, 1.82) is 0 Å².